The van der Waals surface area contributed by atoms with Crippen LogP contribution in [0.4, 0.5) is 9.59 Å². The van der Waals surface area contributed by atoms with Gasteiger partial charge in [0.15, 0.2) is 0 Å². The maximum Gasteiger partial charge on any atom is 0.409 e. The lowest BCUT2D eigenvalue weighted by Gasteiger charge is -2.23. The maximum absolute atomic E-state index is 12.0. The van der Waals surface area contributed by atoms with E-state index in [1.54, 1.807) is 14.1 Å². The van der Waals surface area contributed by atoms with Crippen LogP contribution in [-0.4, -0.2) is 68.7 Å². The van der Waals surface area contributed by atoms with Crippen LogP contribution in [0.25, 0.3) is 0 Å². The molecule has 1 aliphatic rings. The van der Waals surface area contributed by atoms with Gasteiger partial charge in [-0.15, -0.1) is 0 Å². The first-order chi connectivity index (χ1) is 13.1. The number of alkyl carbamates (subject to hydrolysis) is 1. The Morgan fingerprint density at radius 2 is 1.86 bits per heavy atom. The highest BCUT2D eigenvalue weighted by Gasteiger charge is 2.34. The van der Waals surface area contributed by atoms with Crippen LogP contribution < -0.4 is 10.1 Å². The third-order valence-corrected chi connectivity index (χ3v) is 3.83. The smallest absolute Gasteiger partial charge is 0.409 e. The summed E-state index contributed by atoms with van der Waals surface area (Å²) in [5, 5.41) is 2.89. The van der Waals surface area contributed by atoms with E-state index in [1.165, 1.54) is 4.90 Å². The van der Waals surface area contributed by atoms with E-state index >= 15 is 0 Å². The molecule has 1 N–H and O–H groups in total. The van der Waals surface area contributed by atoms with Crippen LogP contribution in [0.1, 0.15) is 26.3 Å². The Balaban J connectivity index is 1.79. The summed E-state index contributed by atoms with van der Waals surface area (Å²) < 4.78 is 21.3. The van der Waals surface area contributed by atoms with Gasteiger partial charge in [-0.3, -0.25) is 0 Å². The van der Waals surface area contributed by atoms with E-state index in [2.05, 4.69) is 5.32 Å². The van der Waals surface area contributed by atoms with E-state index < -0.39 is 17.8 Å². The molecule has 1 aliphatic heterocycles. The van der Waals surface area contributed by atoms with Crippen LogP contribution in [0.5, 0.6) is 5.75 Å². The van der Waals surface area contributed by atoms with E-state index in [0.29, 0.717) is 18.8 Å². The van der Waals surface area contributed by atoms with E-state index in [-0.39, 0.29) is 25.4 Å². The molecule has 0 unspecified atom stereocenters. The minimum absolute atomic E-state index is 0.00910. The van der Waals surface area contributed by atoms with E-state index in [9.17, 15) is 9.59 Å². The molecule has 2 amide bonds. The normalized spacial score (nSPS) is 16.7. The minimum Gasteiger partial charge on any atom is -0.490 e. The number of benzene rings is 1. The van der Waals surface area contributed by atoms with Crippen LogP contribution in [0, 0.1) is 0 Å². The topological polar surface area (TPSA) is 89.6 Å². The molecule has 1 fully saturated rings. The van der Waals surface area contributed by atoms with Crippen molar-refractivity contribution >= 4 is 12.2 Å². The van der Waals surface area contributed by atoms with Gasteiger partial charge in [0.1, 0.15) is 30.7 Å². The molecular formula is C20H30N2O6. The molecule has 0 saturated carbocycles. The average molecular weight is 394 g/mol. The summed E-state index contributed by atoms with van der Waals surface area (Å²) in [6.07, 6.45) is -0.204. The van der Waals surface area contributed by atoms with Gasteiger partial charge in [0.2, 0.25) is 0 Å². The molecule has 8 heteroatoms. The van der Waals surface area contributed by atoms with Crippen molar-refractivity contribution < 1.29 is 28.5 Å². The zero-order valence-corrected chi connectivity index (χ0v) is 17.2. The van der Waals surface area contributed by atoms with Gasteiger partial charge in [-0.2, -0.15) is 0 Å². The van der Waals surface area contributed by atoms with Crippen molar-refractivity contribution in [2.45, 2.75) is 44.9 Å². The molecule has 2 atom stereocenters. The quantitative estimate of drug-likeness (QED) is 0.538. The second-order valence-corrected chi connectivity index (χ2v) is 7.83. The first-order valence-corrected chi connectivity index (χ1v) is 9.31. The molecule has 156 valence electrons. The second-order valence-electron chi connectivity index (χ2n) is 7.83. The van der Waals surface area contributed by atoms with Crippen LogP contribution in [0.2, 0.25) is 0 Å². The molecular weight excluding hydrogens is 364 g/mol. The fraction of sp³-hybridized carbons (Fsp3) is 0.600. The minimum atomic E-state index is -0.543. The molecule has 1 aromatic rings. The van der Waals surface area contributed by atoms with Gasteiger partial charge in [0, 0.05) is 14.1 Å². The van der Waals surface area contributed by atoms with Crippen LogP contribution in [0.3, 0.4) is 0 Å². The van der Waals surface area contributed by atoms with Crippen molar-refractivity contribution in [3.05, 3.63) is 29.8 Å². The number of hydrogen-bond donors (Lipinski definition) is 1. The van der Waals surface area contributed by atoms with Crippen molar-refractivity contribution in [3.8, 4) is 5.75 Å². The zero-order valence-electron chi connectivity index (χ0n) is 17.2. The zero-order chi connectivity index (χ0) is 20.7. The summed E-state index contributed by atoms with van der Waals surface area (Å²) in [7, 11) is 3.25. The molecule has 0 radical (unpaired) electrons. The Labute approximate surface area is 166 Å². The average Bonchev–Trinajstić information content (AvgIpc) is 3.42. The van der Waals surface area contributed by atoms with Gasteiger partial charge < -0.3 is 29.2 Å². The maximum atomic E-state index is 12.0. The molecule has 2 rings (SSSR count). The van der Waals surface area contributed by atoms with Crippen LogP contribution in [-0.2, 0) is 20.6 Å². The number of hydrogen-bond acceptors (Lipinski definition) is 6. The molecule has 28 heavy (non-hydrogen) atoms. The number of epoxide rings is 1. The van der Waals surface area contributed by atoms with E-state index in [4.69, 9.17) is 18.9 Å². The highest BCUT2D eigenvalue weighted by molar-refractivity contribution is 5.68. The highest BCUT2D eigenvalue weighted by atomic mass is 16.6. The number of carbonyl (C=O) groups excluding carboxylic acids is 2. The molecule has 0 spiro atoms. The highest BCUT2D eigenvalue weighted by Crippen LogP contribution is 2.20. The number of rotatable bonds is 8. The Kier molecular flexibility index (Phi) is 7.51. The summed E-state index contributed by atoms with van der Waals surface area (Å²) in [6, 6.07) is 7.43. The lowest BCUT2D eigenvalue weighted by atomic mass is 10.0. The molecule has 0 aromatic heterocycles. The van der Waals surface area contributed by atoms with Gasteiger partial charge in [-0.1, -0.05) is 12.1 Å². The Morgan fingerprint density at radius 1 is 1.21 bits per heavy atom. The Bertz CT molecular complexity index is 650. The summed E-state index contributed by atoms with van der Waals surface area (Å²) in [4.78, 5) is 24.7. The largest absolute Gasteiger partial charge is 0.490 e. The predicted molar refractivity (Wildman–Crippen MR) is 104 cm³/mol. The molecule has 1 aromatic carbocycles. The summed E-state index contributed by atoms with van der Waals surface area (Å²) >= 11 is 0. The number of nitrogens with zero attached hydrogens (tertiary/aromatic N) is 1. The lowest BCUT2D eigenvalue weighted by molar-refractivity contribution is 0.0495. The number of amides is 2. The van der Waals surface area contributed by atoms with Crippen LogP contribution >= 0.6 is 0 Å². The Morgan fingerprint density at radius 3 is 2.39 bits per heavy atom. The van der Waals surface area contributed by atoms with Crippen LogP contribution in [0.15, 0.2) is 24.3 Å². The van der Waals surface area contributed by atoms with E-state index in [1.807, 2.05) is 45.0 Å². The van der Waals surface area contributed by atoms with Crippen molar-refractivity contribution in [2.75, 3.05) is 33.9 Å². The first kappa shape index (κ1) is 21.8. The number of carbonyl (C=O) groups is 2. The first-order valence-electron chi connectivity index (χ1n) is 9.31. The van der Waals surface area contributed by atoms with Gasteiger partial charge in [0.25, 0.3) is 0 Å². The van der Waals surface area contributed by atoms with Gasteiger partial charge >= 0.3 is 12.2 Å². The standard InChI is InChI=1S/C20H30N2O6/c1-20(2,3)28-18(23)21-16(17-13-27-17)12-14-6-8-15(9-7-14)25-10-11-26-19(24)22(4)5/h6-9,16-17H,10-13H2,1-5H3,(H,21,23)/t16-,17+/m0/s1. The van der Waals surface area contributed by atoms with E-state index in [0.717, 1.165) is 5.56 Å². The van der Waals surface area contributed by atoms with Crippen molar-refractivity contribution in [3.63, 3.8) is 0 Å². The summed E-state index contributed by atoms with van der Waals surface area (Å²) in [6.45, 7) is 6.57. The van der Waals surface area contributed by atoms with Crippen molar-refractivity contribution in [2.24, 2.45) is 0 Å². The predicted octanol–water partition coefficient (Wildman–Crippen LogP) is 2.60. The molecule has 1 saturated heterocycles. The third kappa shape index (κ3) is 8.04. The molecule has 0 aliphatic carbocycles. The van der Waals surface area contributed by atoms with Gasteiger partial charge in [-0.25, -0.2) is 9.59 Å². The third-order valence-electron chi connectivity index (χ3n) is 3.83. The second kappa shape index (κ2) is 9.64. The molecule has 8 nitrogen and oxygen atoms in total. The van der Waals surface area contributed by atoms with Crippen molar-refractivity contribution in [1.29, 1.82) is 0 Å². The molecule has 0 bridgehead atoms. The molecule has 1 heterocycles. The fourth-order valence-electron chi connectivity index (χ4n) is 2.42. The number of nitrogens with one attached hydrogen (secondary N) is 1. The summed E-state index contributed by atoms with van der Waals surface area (Å²) in [5.74, 6) is 0.684. The van der Waals surface area contributed by atoms with Crippen molar-refractivity contribution in [1.82, 2.24) is 10.2 Å². The lowest BCUT2D eigenvalue weighted by Crippen LogP contribution is -2.43. The SMILES string of the molecule is CN(C)C(=O)OCCOc1ccc(C[C@H](NC(=O)OC(C)(C)C)[C@H]2CO2)cc1. The number of ether oxygens (including phenoxy) is 4. The monoisotopic (exact) mass is 394 g/mol. The fourth-order valence-corrected chi connectivity index (χ4v) is 2.42. The summed E-state index contributed by atoms with van der Waals surface area (Å²) in [5.41, 5.74) is 0.502. The van der Waals surface area contributed by atoms with Gasteiger partial charge in [-0.05, 0) is 44.9 Å². The Hall–Kier alpha value is -2.48. The van der Waals surface area contributed by atoms with Gasteiger partial charge in [0.05, 0.1) is 12.6 Å².